The van der Waals surface area contributed by atoms with Gasteiger partial charge in [0, 0.05) is 50.7 Å². The molecule has 4 heterocycles. The van der Waals surface area contributed by atoms with Crippen molar-refractivity contribution < 1.29 is 37.1 Å². The summed E-state index contributed by atoms with van der Waals surface area (Å²) in [5.74, 6) is 4.19. The third-order valence-electron chi connectivity index (χ3n) is 11.0. The highest BCUT2D eigenvalue weighted by molar-refractivity contribution is 6.23. The molecule has 12 nitrogen and oxygen atoms in total. The number of nitrogens with zero attached hydrogens (tertiary/aromatic N) is 4. The topological polar surface area (TPSA) is 158 Å². The number of hydrogen-bond acceptors (Lipinski definition) is 9. The largest absolute Gasteiger partial charge is 0.416 e. The Kier molecular flexibility index (Phi) is 9.49. The molecule has 3 saturated heterocycles. The van der Waals surface area contributed by atoms with Gasteiger partial charge >= 0.3 is 6.18 Å². The van der Waals surface area contributed by atoms with E-state index in [1.807, 2.05) is 9.80 Å². The Labute approximate surface area is 310 Å². The first-order valence-corrected chi connectivity index (χ1v) is 18.0. The van der Waals surface area contributed by atoms with Gasteiger partial charge in [0.25, 0.3) is 17.7 Å². The lowest BCUT2D eigenvalue weighted by Gasteiger charge is -2.38. The van der Waals surface area contributed by atoms with Crippen LogP contribution in [0, 0.1) is 29.6 Å². The summed E-state index contributed by atoms with van der Waals surface area (Å²) in [5, 5.41) is 5.01. The van der Waals surface area contributed by atoms with Crippen LogP contribution >= 0.6 is 0 Å². The standard InChI is InChI=1S/C39H40F3N7O5/c1-38(2,37(54)45-30-11-8-26(39(40,41)42)14-32(30)48-20-24-4-3-5-25(24)21-48)44-17-22(16-43)6-7-23-18-47(19-23)27-9-10-28-29(15-27)36(53)49(35(28)52)31-12-13-33(50)46-34(31)51/h8-11,14-17,23-25,31H,3-5,12-13,18-21,43H2,1-2H3,(H,45,54)(H,46,50,51). The van der Waals surface area contributed by atoms with Crippen molar-refractivity contribution in [3.05, 3.63) is 64.9 Å². The monoisotopic (exact) mass is 743 g/mol. The van der Waals surface area contributed by atoms with Crippen molar-refractivity contribution in [2.24, 2.45) is 28.5 Å². The molecule has 15 heteroatoms. The fourth-order valence-electron chi connectivity index (χ4n) is 7.81. The normalized spacial score (nSPS) is 23.3. The van der Waals surface area contributed by atoms with Crippen molar-refractivity contribution in [2.45, 2.75) is 63.7 Å². The maximum absolute atomic E-state index is 13.7. The summed E-state index contributed by atoms with van der Waals surface area (Å²) in [6.45, 7) is 5.54. The molecule has 3 unspecified atom stereocenters. The van der Waals surface area contributed by atoms with Crippen LogP contribution in [-0.4, -0.2) is 78.4 Å². The van der Waals surface area contributed by atoms with E-state index < -0.39 is 52.9 Å². The summed E-state index contributed by atoms with van der Waals surface area (Å²) in [5.41, 5.74) is 5.87. The predicted molar refractivity (Wildman–Crippen MR) is 195 cm³/mol. The molecule has 1 saturated carbocycles. The van der Waals surface area contributed by atoms with Crippen molar-refractivity contribution in [3.8, 4) is 11.8 Å². The summed E-state index contributed by atoms with van der Waals surface area (Å²) in [4.78, 5) is 72.9. The molecule has 5 aliphatic rings. The van der Waals surface area contributed by atoms with E-state index in [4.69, 9.17) is 5.73 Å². The van der Waals surface area contributed by atoms with Gasteiger partial charge in [-0.05, 0) is 81.3 Å². The lowest BCUT2D eigenvalue weighted by Crippen LogP contribution is -2.54. The number of piperidine rings is 1. The Morgan fingerprint density at radius 2 is 1.65 bits per heavy atom. The number of carbonyl (C=O) groups is 5. The van der Waals surface area contributed by atoms with Crippen molar-refractivity contribution >= 4 is 52.8 Å². The van der Waals surface area contributed by atoms with Crippen LogP contribution in [0.1, 0.15) is 72.2 Å². The zero-order chi connectivity index (χ0) is 38.5. The van der Waals surface area contributed by atoms with E-state index in [9.17, 15) is 37.1 Å². The minimum atomic E-state index is -4.52. The first-order chi connectivity index (χ1) is 25.6. The molecular weight excluding hydrogens is 703 g/mol. The van der Waals surface area contributed by atoms with Crippen molar-refractivity contribution in [3.63, 3.8) is 0 Å². The average molecular weight is 744 g/mol. The lowest BCUT2D eigenvalue weighted by molar-refractivity contribution is -0.138. The number of anilines is 3. The molecule has 2 aromatic carbocycles. The highest BCUT2D eigenvalue weighted by Gasteiger charge is 2.45. The van der Waals surface area contributed by atoms with Crippen LogP contribution in [0.4, 0.5) is 30.2 Å². The number of halogens is 3. The van der Waals surface area contributed by atoms with Crippen LogP contribution in [0.5, 0.6) is 0 Å². The first kappa shape index (κ1) is 36.7. The molecule has 2 aromatic rings. The highest BCUT2D eigenvalue weighted by atomic mass is 19.4. The second kappa shape index (κ2) is 14.0. The van der Waals surface area contributed by atoms with Gasteiger partial charge in [0.05, 0.1) is 39.6 Å². The number of amides is 5. The third kappa shape index (κ3) is 7.04. The van der Waals surface area contributed by atoms with Crippen LogP contribution in [0.15, 0.2) is 53.2 Å². The number of nitrogens with one attached hydrogen (secondary N) is 2. The van der Waals surface area contributed by atoms with E-state index in [-0.39, 0.29) is 29.9 Å². The van der Waals surface area contributed by atoms with Crippen LogP contribution < -0.4 is 26.2 Å². The number of rotatable bonds is 7. The zero-order valence-electron chi connectivity index (χ0n) is 29.8. The molecule has 54 heavy (non-hydrogen) atoms. The average Bonchev–Trinajstić information content (AvgIpc) is 3.78. The van der Waals surface area contributed by atoms with E-state index in [1.54, 1.807) is 32.0 Å². The predicted octanol–water partition coefficient (Wildman–Crippen LogP) is 4.11. The molecule has 1 aliphatic carbocycles. The van der Waals surface area contributed by atoms with Crippen LogP contribution in [0.25, 0.3) is 0 Å². The smallest absolute Gasteiger partial charge is 0.404 e. The summed E-state index contributed by atoms with van der Waals surface area (Å²) in [7, 11) is 0. The molecule has 3 atom stereocenters. The summed E-state index contributed by atoms with van der Waals surface area (Å²) in [6, 6.07) is 7.27. The number of hydrogen-bond donors (Lipinski definition) is 3. The molecule has 4 N–H and O–H groups in total. The molecule has 0 aromatic heterocycles. The van der Waals surface area contributed by atoms with Crippen LogP contribution in [-0.2, 0) is 20.6 Å². The first-order valence-electron chi connectivity index (χ1n) is 18.0. The number of aliphatic imine (C=N–C) groups is 1. The van der Waals surface area contributed by atoms with Crippen LogP contribution in [0.3, 0.4) is 0 Å². The number of carbonyl (C=O) groups excluding carboxylic acids is 5. The summed E-state index contributed by atoms with van der Waals surface area (Å²) >= 11 is 0. The minimum absolute atomic E-state index is 0.0391. The van der Waals surface area contributed by atoms with E-state index in [1.165, 1.54) is 18.5 Å². The lowest BCUT2D eigenvalue weighted by atomic mass is 9.98. The molecule has 0 spiro atoms. The van der Waals surface area contributed by atoms with Gasteiger partial charge in [0.2, 0.25) is 11.8 Å². The van der Waals surface area contributed by atoms with Crippen molar-refractivity contribution in [1.29, 1.82) is 0 Å². The Hall–Kier alpha value is -5.65. The molecule has 0 bridgehead atoms. The summed E-state index contributed by atoms with van der Waals surface area (Å²) in [6.07, 6.45) is 1.50. The quantitative estimate of drug-likeness (QED) is 0.217. The van der Waals surface area contributed by atoms with Crippen molar-refractivity contribution in [1.82, 2.24) is 10.2 Å². The molecule has 7 rings (SSSR count). The SMILES string of the molecule is CC(C)(N=CC(C#CC1CN(c2ccc3c(c2)C(=O)N(C2CCC(=O)NC2=O)C3=O)C1)=CN)C(=O)Nc1ccc(C(F)(F)F)cc1N1CC2CCCC2C1. The van der Waals surface area contributed by atoms with Gasteiger partial charge in [-0.1, -0.05) is 18.3 Å². The third-order valence-corrected chi connectivity index (χ3v) is 11.0. The number of allylic oxidation sites excluding steroid dienone is 1. The fourth-order valence-corrected chi connectivity index (χ4v) is 7.81. The second-order valence-corrected chi connectivity index (χ2v) is 15.0. The number of nitrogens with two attached hydrogens (primary N) is 1. The molecule has 4 fully saturated rings. The molecule has 4 aliphatic heterocycles. The van der Waals surface area contributed by atoms with E-state index >= 15 is 0 Å². The maximum atomic E-state index is 13.7. The Balaban J connectivity index is 0.968. The Morgan fingerprint density at radius 1 is 0.944 bits per heavy atom. The van der Waals surface area contributed by atoms with Crippen LogP contribution in [0.2, 0.25) is 0 Å². The van der Waals surface area contributed by atoms with Gasteiger partial charge in [-0.2, -0.15) is 13.2 Å². The maximum Gasteiger partial charge on any atom is 0.416 e. The van der Waals surface area contributed by atoms with Gasteiger partial charge < -0.3 is 20.9 Å². The number of alkyl halides is 3. The molecule has 0 radical (unpaired) electrons. The number of imide groups is 2. The van der Waals surface area contributed by atoms with E-state index in [0.29, 0.717) is 60.7 Å². The fraction of sp³-hybridized carbons (Fsp3) is 0.436. The molecular formula is C39H40F3N7O5. The van der Waals surface area contributed by atoms with Gasteiger partial charge in [-0.15, -0.1) is 0 Å². The highest BCUT2D eigenvalue weighted by Crippen LogP contribution is 2.43. The van der Waals surface area contributed by atoms with Gasteiger partial charge in [0.15, 0.2) is 0 Å². The number of fused-ring (bicyclic) bond motifs is 2. The number of benzene rings is 2. The van der Waals surface area contributed by atoms with E-state index in [2.05, 4.69) is 27.5 Å². The Bertz CT molecular complexity index is 2050. The molecule has 282 valence electrons. The summed E-state index contributed by atoms with van der Waals surface area (Å²) < 4.78 is 41.0. The minimum Gasteiger partial charge on any atom is -0.404 e. The van der Waals surface area contributed by atoms with Crippen molar-refractivity contribution in [2.75, 3.05) is 41.3 Å². The zero-order valence-corrected chi connectivity index (χ0v) is 29.8. The van der Waals surface area contributed by atoms with Gasteiger partial charge in [-0.25, -0.2) is 0 Å². The Morgan fingerprint density at radius 3 is 2.31 bits per heavy atom. The molecule has 5 amide bonds. The van der Waals surface area contributed by atoms with Gasteiger partial charge in [-0.3, -0.25) is 39.2 Å². The van der Waals surface area contributed by atoms with Gasteiger partial charge in [0.1, 0.15) is 11.6 Å². The second-order valence-electron chi connectivity index (χ2n) is 15.0. The van der Waals surface area contributed by atoms with E-state index in [0.717, 1.165) is 36.3 Å².